The monoisotopic (exact) mass is 252 g/mol. The smallest absolute Gasteiger partial charge is 0.174 e. The fourth-order valence-electron chi connectivity index (χ4n) is 2.97. The van der Waals surface area contributed by atoms with Crippen LogP contribution in [0, 0.1) is 13.8 Å². The number of Topliss-reactive ketones (excluding diaryl/α,β-unsaturated/α-hetero) is 1. The van der Waals surface area contributed by atoms with Gasteiger partial charge >= 0.3 is 0 Å². The minimum atomic E-state index is -0.150. The molecule has 0 aromatic heterocycles. The summed E-state index contributed by atoms with van der Waals surface area (Å²) in [5.41, 5.74) is 4.43. The van der Waals surface area contributed by atoms with E-state index in [9.17, 15) is 9.90 Å². The highest BCUT2D eigenvalue weighted by atomic mass is 16.3. The van der Waals surface area contributed by atoms with Crippen LogP contribution in [0.15, 0.2) is 36.4 Å². The molecule has 0 fully saturated rings. The maximum Gasteiger partial charge on any atom is 0.174 e. The predicted octanol–water partition coefficient (Wildman–Crippen LogP) is 3.53. The Kier molecular flexibility index (Phi) is 2.67. The highest BCUT2D eigenvalue weighted by Crippen LogP contribution is 2.41. The molecule has 0 saturated carbocycles. The van der Waals surface area contributed by atoms with Crippen LogP contribution in [-0.2, 0) is 6.42 Å². The predicted molar refractivity (Wildman–Crippen MR) is 74.8 cm³/mol. The Balaban J connectivity index is 2.13. The lowest BCUT2D eigenvalue weighted by Gasteiger charge is -2.08. The Bertz CT molecular complexity index is 657. The van der Waals surface area contributed by atoms with Crippen molar-refractivity contribution < 1.29 is 9.90 Å². The molecule has 0 amide bonds. The van der Waals surface area contributed by atoms with Gasteiger partial charge in [0.2, 0.25) is 0 Å². The first-order chi connectivity index (χ1) is 9.09. The summed E-state index contributed by atoms with van der Waals surface area (Å²) in [6, 6.07) is 11.8. The number of hydrogen-bond acceptors (Lipinski definition) is 2. The summed E-state index contributed by atoms with van der Waals surface area (Å²) in [5.74, 6) is 0.0529. The van der Waals surface area contributed by atoms with Crippen LogP contribution in [0.1, 0.15) is 38.5 Å². The molecule has 2 heteroatoms. The highest BCUT2D eigenvalue weighted by Gasteiger charge is 2.35. The number of phenols is 1. The Morgan fingerprint density at radius 1 is 1.11 bits per heavy atom. The van der Waals surface area contributed by atoms with Crippen LogP contribution in [0.25, 0.3) is 0 Å². The number of aryl methyl sites for hydroxylation is 2. The van der Waals surface area contributed by atoms with E-state index >= 15 is 0 Å². The van der Waals surface area contributed by atoms with Crippen molar-refractivity contribution in [2.45, 2.75) is 26.2 Å². The van der Waals surface area contributed by atoms with Gasteiger partial charge in [-0.05, 0) is 42.5 Å². The number of rotatable bonds is 1. The van der Waals surface area contributed by atoms with Crippen LogP contribution in [0.5, 0.6) is 5.75 Å². The third kappa shape index (κ3) is 1.75. The van der Waals surface area contributed by atoms with Crippen LogP contribution in [0.3, 0.4) is 0 Å². The molecule has 0 heterocycles. The summed E-state index contributed by atoms with van der Waals surface area (Å²) < 4.78 is 0. The number of phenolic OH excluding ortho intramolecular Hbond substituents is 1. The summed E-state index contributed by atoms with van der Waals surface area (Å²) in [7, 11) is 0. The van der Waals surface area contributed by atoms with Crippen LogP contribution >= 0.6 is 0 Å². The van der Waals surface area contributed by atoms with Crippen molar-refractivity contribution >= 4 is 5.78 Å². The van der Waals surface area contributed by atoms with Gasteiger partial charge < -0.3 is 5.11 Å². The van der Waals surface area contributed by atoms with E-state index in [1.165, 1.54) is 0 Å². The molecule has 2 aromatic carbocycles. The topological polar surface area (TPSA) is 37.3 Å². The summed E-state index contributed by atoms with van der Waals surface area (Å²) in [6.45, 7) is 3.84. The molecule has 1 aliphatic carbocycles. The van der Waals surface area contributed by atoms with Gasteiger partial charge in [-0.25, -0.2) is 0 Å². The molecule has 19 heavy (non-hydrogen) atoms. The first kappa shape index (κ1) is 12.0. The molecule has 2 aromatic rings. The van der Waals surface area contributed by atoms with Gasteiger partial charge in [0.1, 0.15) is 5.75 Å². The number of ketones is 1. The fourth-order valence-corrected chi connectivity index (χ4v) is 2.97. The van der Waals surface area contributed by atoms with Gasteiger partial charge in [-0.3, -0.25) is 4.79 Å². The third-order valence-corrected chi connectivity index (χ3v) is 3.99. The molecule has 96 valence electrons. The molecule has 0 saturated heterocycles. The van der Waals surface area contributed by atoms with Crippen molar-refractivity contribution in [2.75, 3.05) is 0 Å². The number of carbonyl (C=O) groups is 1. The molecule has 1 unspecified atom stereocenters. The SMILES string of the molecule is Cc1cc(C)c2c(c1O)C(=O)C(c1ccccc1)C2. The number of fused-ring (bicyclic) bond motifs is 1. The Morgan fingerprint density at radius 2 is 1.79 bits per heavy atom. The van der Waals surface area contributed by atoms with Crippen molar-refractivity contribution in [3.8, 4) is 5.75 Å². The summed E-state index contributed by atoms with van der Waals surface area (Å²) >= 11 is 0. The summed E-state index contributed by atoms with van der Waals surface area (Å²) in [5, 5.41) is 10.2. The van der Waals surface area contributed by atoms with Gasteiger partial charge in [0.15, 0.2) is 5.78 Å². The van der Waals surface area contributed by atoms with Gasteiger partial charge in [-0.1, -0.05) is 36.4 Å². The first-order valence-electron chi connectivity index (χ1n) is 6.50. The minimum absolute atomic E-state index is 0.0468. The molecule has 2 nitrogen and oxygen atoms in total. The van der Waals surface area contributed by atoms with E-state index < -0.39 is 0 Å². The van der Waals surface area contributed by atoms with E-state index in [4.69, 9.17) is 0 Å². The second kappa shape index (κ2) is 4.23. The van der Waals surface area contributed by atoms with E-state index in [0.29, 0.717) is 12.0 Å². The van der Waals surface area contributed by atoms with E-state index in [1.807, 2.05) is 50.2 Å². The number of aromatic hydroxyl groups is 1. The molecule has 0 radical (unpaired) electrons. The average molecular weight is 252 g/mol. The fraction of sp³-hybridized carbons (Fsp3) is 0.235. The van der Waals surface area contributed by atoms with Crippen LogP contribution in [0.4, 0.5) is 0 Å². The van der Waals surface area contributed by atoms with Crippen molar-refractivity contribution in [1.82, 2.24) is 0 Å². The zero-order valence-corrected chi connectivity index (χ0v) is 11.1. The standard InChI is InChI=1S/C17H16O2/c1-10-8-11(2)16(18)15-13(10)9-14(17(15)19)12-6-4-3-5-7-12/h3-8,14,18H,9H2,1-2H3. The van der Waals surface area contributed by atoms with Gasteiger partial charge in [0.25, 0.3) is 0 Å². The zero-order valence-electron chi connectivity index (χ0n) is 11.1. The summed E-state index contributed by atoms with van der Waals surface area (Å²) in [4.78, 5) is 12.6. The quantitative estimate of drug-likeness (QED) is 0.843. The van der Waals surface area contributed by atoms with Crippen molar-refractivity contribution in [3.05, 3.63) is 64.2 Å². The number of carbonyl (C=O) groups excluding carboxylic acids is 1. The molecular formula is C17H16O2. The van der Waals surface area contributed by atoms with Gasteiger partial charge in [-0.2, -0.15) is 0 Å². The van der Waals surface area contributed by atoms with Gasteiger partial charge in [-0.15, -0.1) is 0 Å². The maximum atomic E-state index is 12.6. The average Bonchev–Trinajstić information content (AvgIpc) is 2.76. The maximum absolute atomic E-state index is 12.6. The molecule has 1 aliphatic rings. The number of hydrogen-bond donors (Lipinski definition) is 1. The molecular weight excluding hydrogens is 236 g/mol. The molecule has 0 bridgehead atoms. The largest absolute Gasteiger partial charge is 0.507 e. The van der Waals surface area contributed by atoms with Gasteiger partial charge in [0.05, 0.1) is 11.5 Å². The van der Waals surface area contributed by atoms with Crippen LogP contribution < -0.4 is 0 Å². The second-order valence-electron chi connectivity index (χ2n) is 5.24. The highest BCUT2D eigenvalue weighted by molar-refractivity contribution is 6.08. The normalized spacial score (nSPS) is 17.6. The van der Waals surface area contributed by atoms with E-state index in [-0.39, 0.29) is 17.5 Å². The van der Waals surface area contributed by atoms with Crippen molar-refractivity contribution in [2.24, 2.45) is 0 Å². The molecule has 0 aliphatic heterocycles. The zero-order chi connectivity index (χ0) is 13.6. The number of benzene rings is 2. The lowest BCUT2D eigenvalue weighted by atomic mass is 9.95. The molecule has 1 N–H and O–H groups in total. The van der Waals surface area contributed by atoms with Crippen molar-refractivity contribution in [1.29, 1.82) is 0 Å². The van der Waals surface area contributed by atoms with Gasteiger partial charge in [0, 0.05) is 0 Å². The Morgan fingerprint density at radius 3 is 2.47 bits per heavy atom. The van der Waals surface area contributed by atoms with Crippen LogP contribution in [0.2, 0.25) is 0 Å². The minimum Gasteiger partial charge on any atom is -0.507 e. The Labute approximate surface area is 112 Å². The molecule has 3 rings (SSSR count). The van der Waals surface area contributed by atoms with Crippen molar-refractivity contribution in [3.63, 3.8) is 0 Å². The van der Waals surface area contributed by atoms with E-state index in [1.54, 1.807) is 0 Å². The second-order valence-corrected chi connectivity index (χ2v) is 5.24. The molecule has 0 spiro atoms. The van der Waals surface area contributed by atoms with Crippen LogP contribution in [-0.4, -0.2) is 10.9 Å². The molecule has 1 atom stereocenters. The third-order valence-electron chi connectivity index (χ3n) is 3.99. The van der Waals surface area contributed by atoms with E-state index in [2.05, 4.69) is 0 Å². The Hall–Kier alpha value is -2.09. The first-order valence-corrected chi connectivity index (χ1v) is 6.50. The van der Waals surface area contributed by atoms with E-state index in [0.717, 1.165) is 22.3 Å². The summed E-state index contributed by atoms with van der Waals surface area (Å²) in [6.07, 6.45) is 0.692. The lowest BCUT2D eigenvalue weighted by molar-refractivity contribution is 0.0970. The lowest BCUT2D eigenvalue weighted by Crippen LogP contribution is -2.06.